The SMILES string of the molecule is O=C1N=NC(CO)=C1c1ccccc1.O=C1OC=C(O)C1c1ccccc1. The maximum absolute atomic E-state index is 11.3. The van der Waals surface area contributed by atoms with Gasteiger partial charge >= 0.3 is 5.97 Å². The normalized spacial score (nSPS) is 18.1. The van der Waals surface area contributed by atoms with Crippen molar-refractivity contribution in [2.24, 2.45) is 10.2 Å². The van der Waals surface area contributed by atoms with E-state index in [1.165, 1.54) is 0 Å². The van der Waals surface area contributed by atoms with Gasteiger partial charge in [0.15, 0.2) is 0 Å². The lowest BCUT2D eigenvalue weighted by atomic mass is 9.99. The average Bonchev–Trinajstić information content (AvgIpc) is 3.25. The van der Waals surface area contributed by atoms with Crippen molar-refractivity contribution in [3.63, 3.8) is 0 Å². The number of aliphatic hydroxyl groups excluding tert-OH is 2. The first-order valence-corrected chi connectivity index (χ1v) is 8.11. The molecule has 2 N–H and O–H groups in total. The Balaban J connectivity index is 0.000000156. The number of hydrogen-bond acceptors (Lipinski definition) is 6. The van der Waals surface area contributed by atoms with Crippen LogP contribution in [0.1, 0.15) is 17.0 Å². The van der Waals surface area contributed by atoms with Crippen molar-refractivity contribution in [2.45, 2.75) is 5.92 Å². The third-order valence-electron chi connectivity index (χ3n) is 3.94. The number of amides is 1. The van der Waals surface area contributed by atoms with Crippen LogP contribution in [0, 0.1) is 0 Å². The number of hydrogen-bond donors (Lipinski definition) is 2. The fraction of sp³-hybridized carbons (Fsp3) is 0.100. The van der Waals surface area contributed by atoms with E-state index in [0.29, 0.717) is 11.3 Å². The van der Waals surface area contributed by atoms with Crippen LogP contribution in [-0.4, -0.2) is 28.7 Å². The number of aliphatic hydroxyl groups is 2. The highest BCUT2D eigenvalue weighted by molar-refractivity contribution is 6.22. The molecule has 0 saturated carbocycles. The van der Waals surface area contributed by atoms with Crippen molar-refractivity contribution in [1.82, 2.24) is 0 Å². The van der Waals surface area contributed by atoms with Gasteiger partial charge in [0.1, 0.15) is 23.6 Å². The second kappa shape index (κ2) is 8.20. The number of rotatable bonds is 3. The van der Waals surface area contributed by atoms with Gasteiger partial charge in [0, 0.05) is 0 Å². The Morgan fingerprint density at radius 3 is 2.11 bits per heavy atom. The molecule has 0 saturated heterocycles. The third kappa shape index (κ3) is 3.99. The van der Waals surface area contributed by atoms with Gasteiger partial charge in [0.2, 0.25) is 0 Å². The summed E-state index contributed by atoms with van der Waals surface area (Å²) in [5, 5.41) is 25.3. The summed E-state index contributed by atoms with van der Waals surface area (Å²) in [5.41, 5.74) is 2.22. The number of carbonyl (C=O) groups excluding carboxylic acids is 2. The Morgan fingerprint density at radius 1 is 0.926 bits per heavy atom. The molecule has 136 valence electrons. The van der Waals surface area contributed by atoms with Gasteiger partial charge in [0.05, 0.1) is 12.2 Å². The predicted octanol–water partition coefficient (Wildman–Crippen LogP) is 3.11. The molecule has 2 aliphatic heterocycles. The van der Waals surface area contributed by atoms with Crippen LogP contribution in [0.3, 0.4) is 0 Å². The Morgan fingerprint density at radius 2 is 1.56 bits per heavy atom. The first-order chi connectivity index (χ1) is 13.1. The molecule has 2 heterocycles. The summed E-state index contributed by atoms with van der Waals surface area (Å²) in [6.45, 7) is -0.264. The second-order valence-corrected chi connectivity index (χ2v) is 5.67. The molecule has 0 spiro atoms. The van der Waals surface area contributed by atoms with E-state index in [9.17, 15) is 14.7 Å². The summed E-state index contributed by atoms with van der Waals surface area (Å²) in [6, 6.07) is 18.1. The molecule has 1 amide bonds. The van der Waals surface area contributed by atoms with Crippen LogP contribution in [0.25, 0.3) is 5.57 Å². The standard InChI is InChI=1S/C10H8N2O2.C10H8O3/c13-6-8-9(10(14)12-11-8)7-4-2-1-3-5-7;11-8-6-13-10(12)9(8)7-4-2-1-3-5-7/h1-5,13H,6H2;1-6,9,11H. The molecule has 2 aromatic rings. The van der Waals surface area contributed by atoms with Crippen molar-refractivity contribution in [1.29, 1.82) is 0 Å². The number of benzene rings is 2. The number of carbonyl (C=O) groups is 2. The third-order valence-corrected chi connectivity index (χ3v) is 3.94. The molecule has 2 aliphatic rings. The molecule has 4 rings (SSSR count). The molecule has 1 atom stereocenters. The highest BCUT2D eigenvalue weighted by atomic mass is 16.5. The van der Waals surface area contributed by atoms with E-state index in [2.05, 4.69) is 15.0 Å². The number of esters is 1. The number of nitrogens with zero attached hydrogens (tertiary/aromatic N) is 2. The lowest BCUT2D eigenvalue weighted by Crippen LogP contribution is -2.09. The molecule has 2 aromatic carbocycles. The molecule has 1 unspecified atom stereocenters. The van der Waals surface area contributed by atoms with Crippen LogP contribution in [0.5, 0.6) is 0 Å². The molecule has 0 bridgehead atoms. The summed E-state index contributed by atoms with van der Waals surface area (Å²) in [4.78, 5) is 22.5. The molecular formula is C20H16N2O5. The molecule has 0 radical (unpaired) electrons. The number of ether oxygens (including phenoxy) is 1. The summed E-state index contributed by atoms with van der Waals surface area (Å²) in [5.74, 6) is -1.48. The minimum atomic E-state index is -0.638. The average molecular weight is 364 g/mol. The van der Waals surface area contributed by atoms with Crippen molar-refractivity contribution in [2.75, 3.05) is 6.61 Å². The van der Waals surface area contributed by atoms with Gasteiger partial charge in [-0.3, -0.25) is 9.59 Å². The maximum atomic E-state index is 11.3. The van der Waals surface area contributed by atoms with Crippen molar-refractivity contribution in [3.8, 4) is 0 Å². The Hall–Kier alpha value is -3.58. The number of azo groups is 1. The Bertz CT molecular complexity index is 933. The largest absolute Gasteiger partial charge is 0.508 e. The Labute approximate surface area is 154 Å². The molecule has 0 fully saturated rings. The van der Waals surface area contributed by atoms with Gasteiger partial charge in [-0.25, -0.2) is 0 Å². The zero-order chi connectivity index (χ0) is 19.2. The van der Waals surface area contributed by atoms with Crippen LogP contribution in [0.4, 0.5) is 0 Å². The highest BCUT2D eigenvalue weighted by Gasteiger charge is 2.31. The second-order valence-electron chi connectivity index (χ2n) is 5.67. The predicted molar refractivity (Wildman–Crippen MR) is 96.3 cm³/mol. The van der Waals surface area contributed by atoms with E-state index < -0.39 is 11.9 Å². The summed E-state index contributed by atoms with van der Waals surface area (Å²) < 4.78 is 4.58. The lowest BCUT2D eigenvalue weighted by Gasteiger charge is -2.05. The maximum Gasteiger partial charge on any atom is 0.326 e. The summed E-state index contributed by atoms with van der Waals surface area (Å²) in [7, 11) is 0. The molecule has 0 aromatic heterocycles. The van der Waals surface area contributed by atoms with E-state index >= 15 is 0 Å². The molecule has 7 heteroatoms. The Kier molecular flexibility index (Phi) is 5.53. The zero-order valence-corrected chi connectivity index (χ0v) is 14.1. The summed E-state index contributed by atoms with van der Waals surface area (Å²) in [6.07, 6.45) is 1.08. The van der Waals surface area contributed by atoms with Crippen molar-refractivity contribution in [3.05, 3.63) is 89.5 Å². The molecule has 27 heavy (non-hydrogen) atoms. The number of cyclic esters (lactones) is 1. The monoisotopic (exact) mass is 364 g/mol. The van der Waals surface area contributed by atoms with Crippen molar-refractivity contribution < 1.29 is 24.5 Å². The highest BCUT2D eigenvalue weighted by Crippen LogP contribution is 2.28. The smallest absolute Gasteiger partial charge is 0.326 e. The zero-order valence-electron chi connectivity index (χ0n) is 14.1. The van der Waals surface area contributed by atoms with Gasteiger partial charge in [-0.1, -0.05) is 60.7 Å². The van der Waals surface area contributed by atoms with Gasteiger partial charge in [-0.2, -0.15) is 0 Å². The van der Waals surface area contributed by atoms with E-state index in [-0.39, 0.29) is 18.3 Å². The molecule has 7 nitrogen and oxygen atoms in total. The van der Waals surface area contributed by atoms with Crippen LogP contribution in [0.2, 0.25) is 0 Å². The van der Waals surface area contributed by atoms with Crippen molar-refractivity contribution >= 4 is 17.4 Å². The van der Waals surface area contributed by atoms with E-state index in [0.717, 1.165) is 17.4 Å². The van der Waals surface area contributed by atoms with Gasteiger partial charge < -0.3 is 14.9 Å². The lowest BCUT2D eigenvalue weighted by molar-refractivity contribution is -0.136. The fourth-order valence-corrected chi connectivity index (χ4v) is 2.66. The van der Waals surface area contributed by atoms with Gasteiger partial charge in [0.25, 0.3) is 5.91 Å². The van der Waals surface area contributed by atoms with Gasteiger partial charge in [-0.05, 0) is 11.1 Å². The fourth-order valence-electron chi connectivity index (χ4n) is 2.66. The van der Waals surface area contributed by atoms with E-state index in [4.69, 9.17) is 5.11 Å². The summed E-state index contributed by atoms with van der Waals surface area (Å²) >= 11 is 0. The first-order valence-electron chi connectivity index (χ1n) is 8.11. The van der Waals surface area contributed by atoms with Crippen LogP contribution in [-0.2, 0) is 14.3 Å². The minimum absolute atomic E-state index is 0.0313. The molecular weight excluding hydrogens is 348 g/mol. The van der Waals surface area contributed by atoms with E-state index in [1.54, 1.807) is 24.3 Å². The first kappa shape index (κ1) is 18.2. The van der Waals surface area contributed by atoms with Gasteiger partial charge in [-0.15, -0.1) is 10.2 Å². The quantitative estimate of drug-likeness (QED) is 0.814. The minimum Gasteiger partial charge on any atom is -0.508 e. The van der Waals surface area contributed by atoms with E-state index in [1.807, 2.05) is 36.4 Å². The molecule has 0 aliphatic carbocycles. The topological polar surface area (TPSA) is 109 Å². The van der Waals surface area contributed by atoms with Crippen LogP contribution in [0.15, 0.2) is 88.6 Å². The van der Waals surface area contributed by atoms with Crippen LogP contribution < -0.4 is 0 Å². The van der Waals surface area contributed by atoms with Crippen LogP contribution >= 0.6 is 0 Å².